The molecular weight excluding hydrogens is 306 g/mol. The molecule has 1 saturated heterocycles. The number of aromatic nitrogens is 3. The van der Waals surface area contributed by atoms with Crippen molar-refractivity contribution in [3.63, 3.8) is 0 Å². The fraction of sp³-hybridized carbons (Fsp3) is 0.471. The summed E-state index contributed by atoms with van der Waals surface area (Å²) < 4.78 is 1.69. The molecule has 2 heterocycles. The number of aliphatic hydroxyl groups is 1. The fourth-order valence-electron chi connectivity index (χ4n) is 3.02. The third-order valence-electron chi connectivity index (χ3n) is 4.48. The summed E-state index contributed by atoms with van der Waals surface area (Å²) in [5.74, 6) is 0.196. The summed E-state index contributed by atoms with van der Waals surface area (Å²) in [5, 5.41) is 16.4. The summed E-state index contributed by atoms with van der Waals surface area (Å²) >= 11 is 0. The zero-order valence-corrected chi connectivity index (χ0v) is 13.8. The first kappa shape index (κ1) is 16.4. The molecule has 0 aliphatic carbocycles. The standard InChI is InChI=1S/C17H23N5O2/c1-13(20-17(24)21-8-2-3-14(9-21)10-23)15-4-6-16(7-5-15)22-12-18-11-19-22/h4-7,11-14,23H,2-3,8-10H2,1H3,(H,20,24). The second kappa shape index (κ2) is 7.44. The molecule has 1 aromatic carbocycles. The monoisotopic (exact) mass is 329 g/mol. The molecule has 128 valence electrons. The zero-order chi connectivity index (χ0) is 16.9. The minimum Gasteiger partial charge on any atom is -0.396 e. The first-order chi connectivity index (χ1) is 11.7. The second-order valence-electron chi connectivity index (χ2n) is 6.24. The van der Waals surface area contributed by atoms with E-state index in [9.17, 15) is 9.90 Å². The Morgan fingerprint density at radius 2 is 2.21 bits per heavy atom. The van der Waals surface area contributed by atoms with Crippen molar-refractivity contribution in [3.05, 3.63) is 42.5 Å². The number of nitrogens with one attached hydrogen (secondary N) is 1. The number of benzene rings is 1. The van der Waals surface area contributed by atoms with Crippen molar-refractivity contribution in [2.24, 2.45) is 5.92 Å². The number of nitrogens with zero attached hydrogens (tertiary/aromatic N) is 4. The number of amides is 2. The van der Waals surface area contributed by atoms with Gasteiger partial charge in [0, 0.05) is 19.7 Å². The lowest BCUT2D eigenvalue weighted by Gasteiger charge is -2.32. The molecule has 0 bridgehead atoms. The highest BCUT2D eigenvalue weighted by molar-refractivity contribution is 5.74. The van der Waals surface area contributed by atoms with E-state index in [1.54, 1.807) is 15.9 Å². The van der Waals surface area contributed by atoms with E-state index in [1.807, 2.05) is 31.2 Å². The van der Waals surface area contributed by atoms with Crippen molar-refractivity contribution in [3.8, 4) is 5.69 Å². The van der Waals surface area contributed by atoms with Gasteiger partial charge in [-0.3, -0.25) is 0 Å². The number of hydrogen-bond donors (Lipinski definition) is 2. The molecule has 7 nitrogen and oxygen atoms in total. The number of piperidine rings is 1. The van der Waals surface area contributed by atoms with Crippen LogP contribution in [-0.2, 0) is 0 Å². The molecule has 7 heteroatoms. The minimum atomic E-state index is -0.0863. The molecule has 1 aliphatic heterocycles. The average molecular weight is 329 g/mol. The van der Waals surface area contributed by atoms with Gasteiger partial charge in [-0.1, -0.05) is 12.1 Å². The normalized spacial score (nSPS) is 19.1. The quantitative estimate of drug-likeness (QED) is 0.895. The summed E-state index contributed by atoms with van der Waals surface area (Å²) in [4.78, 5) is 18.1. The van der Waals surface area contributed by atoms with Gasteiger partial charge in [0.15, 0.2) is 0 Å². The smallest absolute Gasteiger partial charge is 0.317 e. The van der Waals surface area contributed by atoms with Gasteiger partial charge >= 0.3 is 6.03 Å². The Bertz CT molecular complexity index is 656. The van der Waals surface area contributed by atoms with Gasteiger partial charge in [0.05, 0.1) is 11.7 Å². The molecule has 3 rings (SSSR count). The Morgan fingerprint density at radius 1 is 1.42 bits per heavy atom. The van der Waals surface area contributed by atoms with E-state index in [0.717, 1.165) is 30.6 Å². The van der Waals surface area contributed by atoms with Crippen molar-refractivity contribution in [1.82, 2.24) is 25.0 Å². The number of rotatable bonds is 4. The lowest BCUT2D eigenvalue weighted by molar-refractivity contribution is 0.128. The molecule has 0 saturated carbocycles. The Kier molecular flexibility index (Phi) is 5.10. The maximum atomic E-state index is 12.4. The van der Waals surface area contributed by atoms with Crippen molar-refractivity contribution in [1.29, 1.82) is 0 Å². The Labute approximate surface area is 141 Å². The average Bonchev–Trinajstić information content (AvgIpc) is 3.16. The predicted molar refractivity (Wildman–Crippen MR) is 89.7 cm³/mol. The van der Waals surface area contributed by atoms with E-state index in [-0.39, 0.29) is 24.6 Å². The number of urea groups is 1. The second-order valence-corrected chi connectivity index (χ2v) is 6.24. The minimum absolute atomic E-state index is 0.0685. The van der Waals surface area contributed by atoms with Gasteiger partial charge < -0.3 is 15.3 Å². The predicted octanol–water partition coefficient (Wildman–Crippen LogP) is 1.74. The zero-order valence-electron chi connectivity index (χ0n) is 13.8. The first-order valence-electron chi connectivity index (χ1n) is 8.28. The number of carbonyl (C=O) groups is 1. The third kappa shape index (κ3) is 3.73. The highest BCUT2D eigenvalue weighted by atomic mass is 16.3. The van der Waals surface area contributed by atoms with E-state index in [1.165, 1.54) is 6.33 Å². The SMILES string of the molecule is CC(NC(=O)N1CCCC(CO)C1)c1ccc(-n2cncn2)cc1. The summed E-state index contributed by atoms with van der Waals surface area (Å²) in [5.41, 5.74) is 1.96. The lowest BCUT2D eigenvalue weighted by atomic mass is 9.99. The molecule has 0 spiro atoms. The van der Waals surface area contributed by atoms with Gasteiger partial charge in [0.25, 0.3) is 0 Å². The molecule has 1 fully saturated rings. The van der Waals surface area contributed by atoms with Crippen LogP contribution < -0.4 is 5.32 Å². The summed E-state index contributed by atoms with van der Waals surface area (Å²) in [6.45, 7) is 3.49. The first-order valence-corrected chi connectivity index (χ1v) is 8.28. The van der Waals surface area contributed by atoms with Gasteiger partial charge in [-0.25, -0.2) is 14.5 Å². The van der Waals surface area contributed by atoms with E-state index < -0.39 is 0 Å². The molecule has 0 radical (unpaired) electrons. The molecule has 2 amide bonds. The number of aliphatic hydroxyl groups excluding tert-OH is 1. The van der Waals surface area contributed by atoms with Gasteiger partial charge in [-0.2, -0.15) is 5.10 Å². The molecule has 2 atom stereocenters. The fourth-order valence-corrected chi connectivity index (χ4v) is 3.02. The Morgan fingerprint density at radius 3 is 2.88 bits per heavy atom. The van der Waals surface area contributed by atoms with Crippen LogP contribution >= 0.6 is 0 Å². The maximum Gasteiger partial charge on any atom is 0.317 e. The highest BCUT2D eigenvalue weighted by Gasteiger charge is 2.24. The van der Waals surface area contributed by atoms with Gasteiger partial charge in [-0.15, -0.1) is 0 Å². The van der Waals surface area contributed by atoms with Crippen LogP contribution in [0.4, 0.5) is 4.79 Å². The van der Waals surface area contributed by atoms with Crippen LogP contribution in [0.5, 0.6) is 0 Å². The lowest BCUT2D eigenvalue weighted by Crippen LogP contribution is -2.46. The molecule has 1 aromatic heterocycles. The van der Waals surface area contributed by atoms with Crippen LogP contribution in [-0.4, -0.2) is 50.5 Å². The van der Waals surface area contributed by atoms with Gasteiger partial charge in [-0.05, 0) is 43.4 Å². The highest BCUT2D eigenvalue weighted by Crippen LogP contribution is 2.18. The van der Waals surface area contributed by atoms with Crippen LogP contribution in [0.2, 0.25) is 0 Å². The Hall–Kier alpha value is -2.41. The number of hydrogen-bond acceptors (Lipinski definition) is 4. The van der Waals surface area contributed by atoms with E-state index in [0.29, 0.717) is 6.54 Å². The van der Waals surface area contributed by atoms with Crippen LogP contribution in [0.25, 0.3) is 5.69 Å². The van der Waals surface area contributed by atoms with Crippen molar-refractivity contribution >= 4 is 6.03 Å². The van der Waals surface area contributed by atoms with E-state index in [2.05, 4.69) is 15.4 Å². The van der Waals surface area contributed by atoms with Gasteiger partial charge in [0.2, 0.25) is 0 Å². The summed E-state index contributed by atoms with van der Waals surface area (Å²) in [6.07, 6.45) is 5.07. The molecule has 2 N–H and O–H groups in total. The van der Waals surface area contributed by atoms with Crippen molar-refractivity contribution in [2.45, 2.75) is 25.8 Å². The summed E-state index contributed by atoms with van der Waals surface area (Å²) in [7, 11) is 0. The molecule has 24 heavy (non-hydrogen) atoms. The van der Waals surface area contributed by atoms with Gasteiger partial charge in [0.1, 0.15) is 12.7 Å². The Balaban J connectivity index is 1.60. The molecular formula is C17H23N5O2. The topological polar surface area (TPSA) is 83.3 Å². The van der Waals surface area contributed by atoms with Crippen LogP contribution in [0.15, 0.2) is 36.9 Å². The molecule has 2 aromatic rings. The van der Waals surface area contributed by atoms with Crippen molar-refractivity contribution in [2.75, 3.05) is 19.7 Å². The number of likely N-dealkylation sites (tertiary alicyclic amines) is 1. The van der Waals surface area contributed by atoms with Crippen LogP contribution in [0.3, 0.4) is 0 Å². The number of carbonyl (C=O) groups excluding carboxylic acids is 1. The third-order valence-corrected chi connectivity index (χ3v) is 4.48. The van der Waals surface area contributed by atoms with Crippen LogP contribution in [0, 0.1) is 5.92 Å². The van der Waals surface area contributed by atoms with E-state index in [4.69, 9.17) is 0 Å². The molecule has 1 aliphatic rings. The largest absolute Gasteiger partial charge is 0.396 e. The summed E-state index contributed by atoms with van der Waals surface area (Å²) in [6, 6.07) is 7.71. The van der Waals surface area contributed by atoms with Crippen molar-refractivity contribution < 1.29 is 9.90 Å². The molecule has 2 unspecified atom stereocenters. The maximum absolute atomic E-state index is 12.4. The van der Waals surface area contributed by atoms with Crippen LogP contribution in [0.1, 0.15) is 31.4 Å². The van der Waals surface area contributed by atoms with E-state index >= 15 is 0 Å².